The molecule has 132 valence electrons. The van der Waals surface area contributed by atoms with Gasteiger partial charge in [-0.15, -0.1) is 11.3 Å². The van der Waals surface area contributed by atoms with E-state index in [4.69, 9.17) is 9.82 Å². The maximum atomic E-state index is 5.48. The summed E-state index contributed by atoms with van der Waals surface area (Å²) in [5.74, 6) is 0. The number of nitrogens with zero attached hydrogens (tertiary/aromatic N) is 4. The van der Waals surface area contributed by atoms with E-state index < -0.39 is 0 Å². The first-order valence-corrected chi connectivity index (χ1v) is 9.62. The summed E-state index contributed by atoms with van der Waals surface area (Å²) in [5, 5.41) is 5.29. The van der Waals surface area contributed by atoms with Gasteiger partial charge < -0.3 is 4.84 Å². The van der Waals surface area contributed by atoms with Crippen molar-refractivity contribution in [2.45, 2.75) is 39.2 Å². The van der Waals surface area contributed by atoms with Crippen molar-refractivity contribution in [3.8, 4) is 21.1 Å². The second kappa shape index (κ2) is 7.33. The second-order valence-corrected chi connectivity index (χ2v) is 7.55. The fourth-order valence-electron chi connectivity index (χ4n) is 2.91. The van der Waals surface area contributed by atoms with Crippen LogP contribution < -0.4 is 0 Å². The Kier molecular flexibility index (Phi) is 4.75. The molecule has 0 amide bonds. The topological polar surface area (TPSA) is 60.3 Å². The van der Waals surface area contributed by atoms with Crippen LogP contribution in [0.4, 0.5) is 0 Å². The van der Waals surface area contributed by atoms with Gasteiger partial charge in [0.05, 0.1) is 16.3 Å². The molecule has 0 radical (unpaired) electrons. The van der Waals surface area contributed by atoms with Gasteiger partial charge in [0, 0.05) is 24.2 Å². The van der Waals surface area contributed by atoms with Gasteiger partial charge in [-0.1, -0.05) is 11.2 Å². The maximum absolute atomic E-state index is 5.48. The summed E-state index contributed by atoms with van der Waals surface area (Å²) in [6.07, 6.45) is 8.57. The number of aryl methyl sites for hydroxylation is 1. The summed E-state index contributed by atoms with van der Waals surface area (Å²) in [7, 11) is 0. The molecular formula is C20H20N4OS. The SMILES string of the molecule is CC(C)ON=C1CCCc2ccc(-c3cnc(-c4cccnc4)s3)nc21. The summed E-state index contributed by atoms with van der Waals surface area (Å²) >= 11 is 1.62. The van der Waals surface area contributed by atoms with Crippen molar-refractivity contribution in [1.82, 2.24) is 15.0 Å². The first kappa shape index (κ1) is 16.8. The molecule has 0 saturated heterocycles. The molecule has 0 fully saturated rings. The molecule has 1 aliphatic rings. The highest BCUT2D eigenvalue weighted by Crippen LogP contribution is 2.32. The molecule has 26 heavy (non-hydrogen) atoms. The van der Waals surface area contributed by atoms with Gasteiger partial charge in [-0.05, 0) is 56.9 Å². The van der Waals surface area contributed by atoms with Crippen molar-refractivity contribution in [2.75, 3.05) is 0 Å². The minimum Gasteiger partial charge on any atom is -0.393 e. The molecule has 0 atom stereocenters. The van der Waals surface area contributed by atoms with Gasteiger partial charge in [-0.2, -0.15) is 0 Å². The number of oxime groups is 1. The van der Waals surface area contributed by atoms with E-state index in [-0.39, 0.29) is 6.10 Å². The largest absolute Gasteiger partial charge is 0.393 e. The third kappa shape index (κ3) is 3.51. The molecule has 0 aromatic carbocycles. The Morgan fingerprint density at radius 2 is 2.08 bits per heavy atom. The molecule has 5 nitrogen and oxygen atoms in total. The number of fused-ring (bicyclic) bond motifs is 1. The Morgan fingerprint density at radius 1 is 1.15 bits per heavy atom. The van der Waals surface area contributed by atoms with Crippen molar-refractivity contribution < 1.29 is 4.84 Å². The Balaban J connectivity index is 1.68. The second-order valence-electron chi connectivity index (χ2n) is 6.52. The fraction of sp³-hybridized carbons (Fsp3) is 0.300. The van der Waals surface area contributed by atoms with E-state index >= 15 is 0 Å². The third-order valence-corrected chi connectivity index (χ3v) is 5.22. The highest BCUT2D eigenvalue weighted by Gasteiger charge is 2.19. The van der Waals surface area contributed by atoms with Crippen molar-refractivity contribution >= 4 is 17.0 Å². The molecule has 0 N–H and O–H groups in total. The fourth-order valence-corrected chi connectivity index (χ4v) is 3.79. The first-order chi connectivity index (χ1) is 12.7. The normalized spacial score (nSPS) is 15.3. The van der Waals surface area contributed by atoms with Crippen LogP contribution in [0.1, 0.15) is 37.9 Å². The maximum Gasteiger partial charge on any atom is 0.125 e. The van der Waals surface area contributed by atoms with Gasteiger partial charge in [-0.25, -0.2) is 9.97 Å². The quantitative estimate of drug-likeness (QED) is 0.628. The molecule has 0 bridgehead atoms. The Bertz CT molecular complexity index is 934. The number of hydrogen-bond acceptors (Lipinski definition) is 6. The molecular weight excluding hydrogens is 344 g/mol. The number of aromatic nitrogens is 3. The van der Waals surface area contributed by atoms with E-state index in [9.17, 15) is 0 Å². The monoisotopic (exact) mass is 364 g/mol. The van der Waals surface area contributed by atoms with Crippen LogP contribution in [0.25, 0.3) is 21.1 Å². The van der Waals surface area contributed by atoms with Gasteiger partial charge >= 0.3 is 0 Å². The summed E-state index contributed by atoms with van der Waals surface area (Å²) in [6.45, 7) is 3.96. The molecule has 0 saturated carbocycles. The van der Waals surface area contributed by atoms with Crippen LogP contribution in [-0.4, -0.2) is 26.8 Å². The summed E-state index contributed by atoms with van der Waals surface area (Å²) in [6, 6.07) is 8.17. The average Bonchev–Trinajstić information content (AvgIpc) is 3.17. The summed E-state index contributed by atoms with van der Waals surface area (Å²) in [5.41, 5.74) is 5.09. The van der Waals surface area contributed by atoms with E-state index in [0.717, 1.165) is 51.8 Å². The molecule has 3 aromatic heterocycles. The third-order valence-electron chi connectivity index (χ3n) is 4.15. The van der Waals surface area contributed by atoms with Crippen LogP contribution in [0, 0.1) is 0 Å². The van der Waals surface area contributed by atoms with Gasteiger partial charge in [0.1, 0.15) is 16.8 Å². The average molecular weight is 364 g/mol. The Hall–Kier alpha value is -2.60. The van der Waals surface area contributed by atoms with E-state index in [2.05, 4.69) is 27.3 Å². The molecule has 0 unspecified atom stereocenters. The smallest absolute Gasteiger partial charge is 0.125 e. The van der Waals surface area contributed by atoms with Gasteiger partial charge in [0.25, 0.3) is 0 Å². The molecule has 3 aromatic rings. The summed E-state index contributed by atoms with van der Waals surface area (Å²) in [4.78, 5) is 20.1. The van der Waals surface area contributed by atoms with Gasteiger partial charge in [-0.3, -0.25) is 4.98 Å². The zero-order chi connectivity index (χ0) is 17.9. The summed E-state index contributed by atoms with van der Waals surface area (Å²) < 4.78 is 0. The van der Waals surface area contributed by atoms with Crippen LogP contribution in [0.15, 0.2) is 48.0 Å². The lowest BCUT2D eigenvalue weighted by Crippen LogP contribution is -2.15. The lowest BCUT2D eigenvalue weighted by Gasteiger charge is -2.17. The molecule has 0 aliphatic heterocycles. The van der Waals surface area contributed by atoms with Crippen molar-refractivity contribution in [2.24, 2.45) is 5.16 Å². The Labute approximate surface area is 156 Å². The molecule has 3 heterocycles. The zero-order valence-corrected chi connectivity index (χ0v) is 15.7. The first-order valence-electron chi connectivity index (χ1n) is 8.80. The van der Waals surface area contributed by atoms with Crippen LogP contribution in [0.2, 0.25) is 0 Å². The Morgan fingerprint density at radius 3 is 2.88 bits per heavy atom. The number of hydrogen-bond donors (Lipinski definition) is 0. The number of rotatable bonds is 4. The van der Waals surface area contributed by atoms with E-state index in [0.29, 0.717) is 0 Å². The van der Waals surface area contributed by atoms with E-state index in [1.54, 1.807) is 17.5 Å². The minimum atomic E-state index is 0.0691. The number of pyridine rings is 2. The molecule has 4 rings (SSSR count). The molecule has 6 heteroatoms. The van der Waals surface area contributed by atoms with Crippen molar-refractivity contribution in [3.63, 3.8) is 0 Å². The zero-order valence-electron chi connectivity index (χ0n) is 14.8. The lowest BCUT2D eigenvalue weighted by atomic mass is 9.94. The standard InChI is InChI=1S/C20H20N4OS/c1-13(2)25-24-17-7-3-5-14-8-9-16(23-19(14)17)18-12-22-20(26-18)15-6-4-10-21-11-15/h4,6,8-13H,3,5,7H2,1-2H3. The van der Waals surface area contributed by atoms with Crippen molar-refractivity contribution in [1.29, 1.82) is 0 Å². The van der Waals surface area contributed by atoms with Crippen molar-refractivity contribution in [3.05, 3.63) is 54.1 Å². The minimum absolute atomic E-state index is 0.0691. The molecule has 1 aliphatic carbocycles. The highest BCUT2D eigenvalue weighted by atomic mass is 32.1. The van der Waals surface area contributed by atoms with Crippen LogP contribution in [0.3, 0.4) is 0 Å². The van der Waals surface area contributed by atoms with Gasteiger partial charge in [0.15, 0.2) is 0 Å². The van der Waals surface area contributed by atoms with Crippen LogP contribution >= 0.6 is 11.3 Å². The number of thiazole rings is 1. The van der Waals surface area contributed by atoms with Crippen LogP contribution in [0.5, 0.6) is 0 Å². The van der Waals surface area contributed by atoms with E-state index in [1.807, 2.05) is 38.4 Å². The predicted octanol–water partition coefficient (Wildman–Crippen LogP) is 4.73. The highest BCUT2D eigenvalue weighted by molar-refractivity contribution is 7.18. The van der Waals surface area contributed by atoms with Gasteiger partial charge in [0.2, 0.25) is 0 Å². The molecule has 0 spiro atoms. The van der Waals surface area contributed by atoms with E-state index in [1.165, 1.54) is 5.56 Å². The lowest BCUT2D eigenvalue weighted by molar-refractivity contribution is 0.0854. The van der Waals surface area contributed by atoms with Crippen LogP contribution in [-0.2, 0) is 11.3 Å². The predicted molar refractivity (Wildman–Crippen MR) is 104 cm³/mol.